The second-order valence-corrected chi connectivity index (χ2v) is 11.0. The van der Waals surface area contributed by atoms with Crippen LogP contribution in [-0.2, 0) is 12.4 Å². The topological polar surface area (TPSA) is 0 Å². The van der Waals surface area contributed by atoms with E-state index < -0.39 is 31.6 Å². The molecule has 0 amide bonds. The van der Waals surface area contributed by atoms with E-state index in [4.69, 9.17) is 0 Å². The van der Waals surface area contributed by atoms with E-state index in [-0.39, 0.29) is 17.2 Å². The fourth-order valence-electron chi connectivity index (χ4n) is 3.37. The predicted molar refractivity (Wildman–Crippen MR) is 84.6 cm³/mol. The zero-order chi connectivity index (χ0) is 18.5. The highest BCUT2D eigenvalue weighted by molar-refractivity contribution is 6.96. The maximum atomic E-state index is 13.1. The summed E-state index contributed by atoms with van der Waals surface area (Å²) in [6.07, 6.45) is -5.82. The zero-order valence-electron chi connectivity index (χ0n) is 13.7. The Morgan fingerprint density at radius 1 is 0.875 bits per heavy atom. The molecule has 132 valence electrons. The number of benzene rings is 1. The highest BCUT2D eigenvalue weighted by atomic mass is 28.3. The van der Waals surface area contributed by atoms with Gasteiger partial charge in [0.25, 0.3) is 0 Å². The molecule has 1 aromatic carbocycles. The predicted octanol–water partition coefficient (Wildman–Crippen LogP) is 5.70. The minimum absolute atomic E-state index is 0.0237. The molecule has 0 aliphatic heterocycles. The Bertz CT molecular complexity index is 675. The van der Waals surface area contributed by atoms with E-state index in [1.807, 2.05) is 26.0 Å². The third-order valence-corrected chi connectivity index (χ3v) is 8.43. The van der Waals surface area contributed by atoms with Gasteiger partial charge < -0.3 is 0 Å². The zero-order valence-corrected chi connectivity index (χ0v) is 14.7. The normalized spacial score (nSPS) is 19.3. The van der Waals surface area contributed by atoms with E-state index >= 15 is 0 Å². The largest absolute Gasteiger partial charge is 0.416 e. The van der Waals surface area contributed by atoms with E-state index in [2.05, 4.69) is 0 Å². The van der Waals surface area contributed by atoms with Crippen LogP contribution in [0.4, 0.5) is 26.3 Å². The number of hydrogen-bond acceptors (Lipinski definition) is 0. The van der Waals surface area contributed by atoms with Gasteiger partial charge in [0.2, 0.25) is 0 Å². The third-order valence-electron chi connectivity index (χ3n) is 4.50. The van der Waals surface area contributed by atoms with Crippen molar-refractivity contribution in [2.75, 3.05) is 0 Å². The lowest BCUT2D eigenvalue weighted by Gasteiger charge is -2.30. The van der Waals surface area contributed by atoms with Crippen molar-refractivity contribution < 1.29 is 26.3 Å². The van der Waals surface area contributed by atoms with Crippen LogP contribution in [0.1, 0.15) is 25.0 Å². The average molecular weight is 364 g/mol. The van der Waals surface area contributed by atoms with Crippen molar-refractivity contribution in [2.24, 2.45) is 5.92 Å². The minimum Gasteiger partial charge on any atom is -0.166 e. The van der Waals surface area contributed by atoms with E-state index in [1.54, 1.807) is 13.1 Å². The lowest BCUT2D eigenvalue weighted by molar-refractivity contribution is -0.142. The first-order valence-electron chi connectivity index (χ1n) is 7.44. The van der Waals surface area contributed by atoms with Crippen LogP contribution < -0.4 is 5.19 Å². The van der Waals surface area contributed by atoms with Crippen LogP contribution in [0.3, 0.4) is 0 Å². The summed E-state index contributed by atoms with van der Waals surface area (Å²) < 4.78 is 78.5. The van der Waals surface area contributed by atoms with Gasteiger partial charge in [-0.05, 0) is 18.9 Å². The number of halogens is 6. The van der Waals surface area contributed by atoms with Gasteiger partial charge in [-0.15, -0.1) is 0 Å². The molecule has 1 aromatic rings. The quantitative estimate of drug-likeness (QED) is 0.466. The smallest absolute Gasteiger partial charge is 0.166 e. The second kappa shape index (κ2) is 5.79. The Morgan fingerprint density at radius 3 is 1.67 bits per heavy atom. The summed E-state index contributed by atoms with van der Waals surface area (Å²) in [5, 5.41) is 1.12. The van der Waals surface area contributed by atoms with Crippen LogP contribution in [0.2, 0.25) is 13.1 Å². The fourth-order valence-corrected chi connectivity index (χ4v) is 7.01. The molecule has 0 heterocycles. The van der Waals surface area contributed by atoms with Crippen LogP contribution in [0.5, 0.6) is 0 Å². The molecule has 1 atom stereocenters. The number of hydrogen-bond donors (Lipinski definition) is 0. The SMILES string of the molecule is CC1=C([Si](C)(C)c2cc(C(F)(F)F)cc(C(F)(F)F)c2)C(C)C=C1. The molecule has 0 fully saturated rings. The summed E-state index contributed by atoms with van der Waals surface area (Å²) in [5.41, 5.74) is -1.56. The first-order valence-corrected chi connectivity index (χ1v) is 10.4. The molecule has 7 heteroatoms. The molecule has 1 unspecified atom stereocenters. The van der Waals surface area contributed by atoms with E-state index in [0.717, 1.165) is 22.9 Å². The first kappa shape index (κ1) is 18.8. The number of rotatable bonds is 2. The lowest BCUT2D eigenvalue weighted by atomic mass is 10.1. The maximum Gasteiger partial charge on any atom is 0.416 e. The standard InChI is InChI=1S/C17H18F6Si/c1-10-5-6-11(2)15(10)24(3,4)14-8-12(16(18,19)20)7-13(9-14)17(21,22)23/h5-10H,1-4H3. The van der Waals surface area contributed by atoms with Gasteiger partial charge in [-0.25, -0.2) is 0 Å². The van der Waals surface area contributed by atoms with Gasteiger partial charge in [-0.3, -0.25) is 0 Å². The molecule has 1 aliphatic rings. The maximum absolute atomic E-state index is 13.1. The van der Waals surface area contributed by atoms with Crippen molar-refractivity contribution >= 4 is 13.3 Å². The molecule has 0 bridgehead atoms. The van der Waals surface area contributed by atoms with Crippen LogP contribution in [-0.4, -0.2) is 8.07 Å². The Hall–Kier alpha value is -1.50. The van der Waals surface area contributed by atoms with Crippen LogP contribution in [0, 0.1) is 5.92 Å². The van der Waals surface area contributed by atoms with Crippen molar-refractivity contribution in [3.05, 3.63) is 52.2 Å². The number of allylic oxidation sites excluding steroid dienone is 4. The van der Waals surface area contributed by atoms with Crippen LogP contribution >= 0.6 is 0 Å². The van der Waals surface area contributed by atoms with Crippen molar-refractivity contribution in [1.29, 1.82) is 0 Å². The minimum atomic E-state index is -4.82. The monoisotopic (exact) mass is 364 g/mol. The van der Waals surface area contributed by atoms with Gasteiger partial charge >= 0.3 is 12.4 Å². The van der Waals surface area contributed by atoms with Crippen molar-refractivity contribution in [1.82, 2.24) is 0 Å². The molecule has 0 N–H and O–H groups in total. The van der Waals surface area contributed by atoms with Crippen LogP contribution in [0.15, 0.2) is 41.1 Å². The van der Waals surface area contributed by atoms with Gasteiger partial charge in [-0.1, -0.05) is 60.3 Å². The average Bonchev–Trinajstić information content (AvgIpc) is 2.76. The Morgan fingerprint density at radius 2 is 1.33 bits per heavy atom. The van der Waals surface area contributed by atoms with Crippen molar-refractivity contribution in [3.63, 3.8) is 0 Å². The molecule has 1 aliphatic carbocycles. The Labute approximate surface area is 137 Å². The number of alkyl halides is 6. The summed E-state index contributed by atoms with van der Waals surface area (Å²) in [6, 6.07) is 1.95. The molecule has 0 nitrogen and oxygen atoms in total. The summed E-state index contributed by atoms with van der Waals surface area (Å²) in [5.74, 6) is 0.0237. The van der Waals surface area contributed by atoms with E-state index in [0.29, 0.717) is 0 Å². The highest BCUT2D eigenvalue weighted by Gasteiger charge is 2.41. The molecule has 0 saturated heterocycles. The molecule has 0 saturated carbocycles. The van der Waals surface area contributed by atoms with Crippen molar-refractivity contribution in [3.8, 4) is 0 Å². The molecular weight excluding hydrogens is 346 g/mol. The lowest BCUT2D eigenvalue weighted by Crippen LogP contribution is -2.46. The Kier molecular flexibility index (Phi) is 4.54. The van der Waals surface area contributed by atoms with E-state index in [1.165, 1.54) is 0 Å². The van der Waals surface area contributed by atoms with Gasteiger partial charge in [0.1, 0.15) is 8.07 Å². The summed E-state index contributed by atoms with van der Waals surface area (Å²) in [7, 11) is -2.68. The molecular formula is C17H18F6Si. The molecule has 24 heavy (non-hydrogen) atoms. The Balaban J connectivity index is 2.68. The van der Waals surface area contributed by atoms with E-state index in [9.17, 15) is 26.3 Å². The molecule has 0 radical (unpaired) electrons. The fraction of sp³-hybridized carbons (Fsp3) is 0.412. The van der Waals surface area contributed by atoms with Crippen molar-refractivity contribution in [2.45, 2.75) is 39.3 Å². The van der Waals surface area contributed by atoms with Gasteiger partial charge in [-0.2, -0.15) is 26.3 Å². The first-order chi connectivity index (χ1) is 10.7. The van der Waals surface area contributed by atoms with Crippen LogP contribution in [0.25, 0.3) is 0 Å². The highest BCUT2D eigenvalue weighted by Crippen LogP contribution is 2.37. The van der Waals surface area contributed by atoms with Gasteiger partial charge in [0.15, 0.2) is 0 Å². The second-order valence-electron chi connectivity index (χ2n) is 6.66. The summed E-state index contributed by atoms with van der Waals surface area (Å²) in [4.78, 5) is 0. The summed E-state index contributed by atoms with van der Waals surface area (Å²) in [6.45, 7) is 7.35. The molecule has 2 rings (SSSR count). The molecule has 0 aromatic heterocycles. The third kappa shape index (κ3) is 3.45. The van der Waals surface area contributed by atoms with Gasteiger partial charge in [0, 0.05) is 0 Å². The van der Waals surface area contributed by atoms with Gasteiger partial charge in [0.05, 0.1) is 11.1 Å². The summed E-state index contributed by atoms with van der Waals surface area (Å²) >= 11 is 0. The molecule has 0 spiro atoms.